The number of ether oxygens (including phenoxy) is 3. The van der Waals surface area contributed by atoms with Crippen LogP contribution in [-0.4, -0.2) is 22.7 Å². The van der Waals surface area contributed by atoms with Crippen LogP contribution < -0.4 is 14.2 Å². The monoisotopic (exact) mass is 461 g/mol. The molecular formula is C26H20FNO6. The van der Waals surface area contributed by atoms with Gasteiger partial charge in [0, 0.05) is 28.7 Å². The van der Waals surface area contributed by atoms with Crippen molar-refractivity contribution in [3.05, 3.63) is 77.1 Å². The Bertz CT molecular complexity index is 1380. The van der Waals surface area contributed by atoms with Crippen LogP contribution in [0.3, 0.4) is 0 Å². The minimum absolute atomic E-state index is 0.0112. The standard InChI is InChI=1S/C26H20FNO6/c27-18-8-10-20(33-26-28-19-3-1-2-4-21(19)34-26)17-7-9-22(25(17)18)32-15-5-6-16-14(11-24(29)30)13-31-23(16)12-15/h1-6,8,10,12,14,22H,7,9,11,13H2,(H,29,30). The van der Waals surface area contributed by atoms with E-state index in [1.54, 1.807) is 24.3 Å². The van der Waals surface area contributed by atoms with Gasteiger partial charge < -0.3 is 23.7 Å². The van der Waals surface area contributed by atoms with Crippen molar-refractivity contribution in [2.45, 2.75) is 31.3 Å². The van der Waals surface area contributed by atoms with E-state index in [1.807, 2.05) is 24.3 Å². The third-order valence-corrected chi connectivity index (χ3v) is 6.28. The van der Waals surface area contributed by atoms with Crippen LogP contribution in [0.25, 0.3) is 11.1 Å². The predicted molar refractivity (Wildman–Crippen MR) is 119 cm³/mol. The molecule has 2 unspecified atom stereocenters. The van der Waals surface area contributed by atoms with E-state index in [1.165, 1.54) is 6.07 Å². The highest BCUT2D eigenvalue weighted by Crippen LogP contribution is 2.44. The Morgan fingerprint density at radius 2 is 2.06 bits per heavy atom. The molecule has 34 heavy (non-hydrogen) atoms. The van der Waals surface area contributed by atoms with Crippen molar-refractivity contribution in [1.29, 1.82) is 0 Å². The van der Waals surface area contributed by atoms with Crippen LogP contribution >= 0.6 is 0 Å². The predicted octanol–water partition coefficient (Wildman–Crippen LogP) is 5.78. The van der Waals surface area contributed by atoms with Gasteiger partial charge in [0.25, 0.3) is 0 Å². The summed E-state index contributed by atoms with van der Waals surface area (Å²) in [4.78, 5) is 15.4. The number of oxazole rings is 1. The van der Waals surface area contributed by atoms with Crippen molar-refractivity contribution in [1.82, 2.24) is 4.98 Å². The zero-order chi connectivity index (χ0) is 23.2. The second-order valence-corrected chi connectivity index (χ2v) is 8.44. The molecule has 0 saturated carbocycles. The van der Waals surface area contributed by atoms with Crippen molar-refractivity contribution in [3.63, 3.8) is 0 Å². The fourth-order valence-electron chi connectivity index (χ4n) is 4.72. The maximum Gasteiger partial charge on any atom is 0.400 e. The van der Waals surface area contributed by atoms with Crippen LogP contribution in [-0.2, 0) is 11.2 Å². The number of hydrogen-bond acceptors (Lipinski definition) is 6. The average Bonchev–Trinajstić information content (AvgIpc) is 3.53. The van der Waals surface area contributed by atoms with Gasteiger partial charge in [0.1, 0.15) is 34.7 Å². The topological polar surface area (TPSA) is 91.0 Å². The number of halogens is 1. The molecule has 7 nitrogen and oxygen atoms in total. The number of hydrogen-bond donors (Lipinski definition) is 1. The van der Waals surface area contributed by atoms with Crippen molar-refractivity contribution >= 4 is 17.1 Å². The van der Waals surface area contributed by atoms with Crippen molar-refractivity contribution in [2.24, 2.45) is 0 Å². The summed E-state index contributed by atoms with van der Waals surface area (Å²) in [5.74, 6) is 0.227. The number of carbonyl (C=O) groups is 1. The molecule has 4 aromatic rings. The number of carboxylic acids is 1. The van der Waals surface area contributed by atoms with Gasteiger partial charge >= 0.3 is 12.0 Å². The van der Waals surface area contributed by atoms with Gasteiger partial charge in [0.05, 0.1) is 13.0 Å². The second kappa shape index (κ2) is 8.06. The minimum atomic E-state index is -0.865. The Balaban J connectivity index is 1.24. The van der Waals surface area contributed by atoms with E-state index in [-0.39, 0.29) is 24.2 Å². The van der Waals surface area contributed by atoms with Gasteiger partial charge in [-0.3, -0.25) is 4.79 Å². The SMILES string of the molecule is O=C(O)CC1COc2cc(OC3CCc4c(Oc5nc6ccccc6o5)ccc(F)c43)ccc21. The number of para-hydroxylation sites is 2. The molecule has 0 spiro atoms. The van der Waals surface area contributed by atoms with Crippen molar-refractivity contribution in [2.75, 3.05) is 6.61 Å². The highest BCUT2D eigenvalue weighted by atomic mass is 19.1. The third-order valence-electron chi connectivity index (χ3n) is 6.28. The van der Waals surface area contributed by atoms with Crippen LogP contribution in [0, 0.1) is 5.82 Å². The average molecular weight is 461 g/mol. The maximum absolute atomic E-state index is 14.9. The van der Waals surface area contributed by atoms with E-state index in [4.69, 9.17) is 23.7 Å². The fraction of sp³-hybridized carbons (Fsp3) is 0.231. The molecule has 0 fully saturated rings. The van der Waals surface area contributed by atoms with E-state index in [9.17, 15) is 9.18 Å². The van der Waals surface area contributed by atoms with Crippen molar-refractivity contribution in [3.8, 4) is 23.3 Å². The van der Waals surface area contributed by atoms with Gasteiger partial charge in [0.2, 0.25) is 0 Å². The molecule has 2 atom stereocenters. The summed E-state index contributed by atoms with van der Waals surface area (Å²) in [6.07, 6.45) is 0.787. The highest BCUT2D eigenvalue weighted by Gasteiger charge is 2.32. The van der Waals surface area contributed by atoms with Crippen LogP contribution in [0.15, 0.2) is 59.0 Å². The summed E-state index contributed by atoms with van der Waals surface area (Å²) in [6.45, 7) is 0.322. The molecular weight excluding hydrogens is 441 g/mol. The van der Waals surface area contributed by atoms with Crippen LogP contribution in [0.5, 0.6) is 23.3 Å². The molecule has 1 aliphatic carbocycles. The normalized spacial score (nSPS) is 18.4. The van der Waals surface area contributed by atoms with E-state index < -0.39 is 12.1 Å². The minimum Gasteiger partial charge on any atom is -0.492 e. The Morgan fingerprint density at radius 3 is 2.91 bits per heavy atom. The zero-order valence-electron chi connectivity index (χ0n) is 18.0. The lowest BCUT2D eigenvalue weighted by Crippen LogP contribution is -2.07. The van der Waals surface area contributed by atoms with Gasteiger partial charge in [-0.1, -0.05) is 18.2 Å². The highest BCUT2D eigenvalue weighted by molar-refractivity contribution is 5.72. The summed E-state index contributed by atoms with van der Waals surface area (Å²) >= 11 is 0. The first-order valence-corrected chi connectivity index (χ1v) is 11.0. The molecule has 172 valence electrons. The number of aromatic nitrogens is 1. The van der Waals surface area contributed by atoms with Gasteiger partial charge in [-0.2, -0.15) is 4.98 Å². The number of nitrogens with zero attached hydrogens (tertiary/aromatic N) is 1. The lowest BCUT2D eigenvalue weighted by atomic mass is 9.98. The number of carboxylic acid groups (broad SMARTS) is 1. The lowest BCUT2D eigenvalue weighted by molar-refractivity contribution is -0.137. The first-order valence-electron chi connectivity index (χ1n) is 11.0. The molecule has 8 heteroatoms. The van der Waals surface area contributed by atoms with Gasteiger partial charge in [-0.15, -0.1) is 0 Å². The van der Waals surface area contributed by atoms with Crippen LogP contribution in [0.2, 0.25) is 0 Å². The molecule has 1 N–H and O–H groups in total. The Kier molecular flexibility index (Phi) is 4.86. The Morgan fingerprint density at radius 1 is 1.18 bits per heavy atom. The first-order chi connectivity index (χ1) is 16.5. The molecule has 0 amide bonds. The summed E-state index contributed by atoms with van der Waals surface area (Å²) in [5.41, 5.74) is 3.33. The Labute approximate surface area is 193 Å². The quantitative estimate of drug-likeness (QED) is 0.389. The van der Waals surface area contributed by atoms with Gasteiger partial charge in [-0.05, 0) is 43.2 Å². The third kappa shape index (κ3) is 3.61. The van der Waals surface area contributed by atoms with Gasteiger partial charge in [0.15, 0.2) is 5.58 Å². The molecule has 1 aliphatic heterocycles. The zero-order valence-corrected chi connectivity index (χ0v) is 18.0. The first kappa shape index (κ1) is 20.5. The van der Waals surface area contributed by atoms with E-state index >= 15 is 0 Å². The van der Waals surface area contributed by atoms with Gasteiger partial charge in [-0.25, -0.2) is 4.39 Å². The van der Waals surface area contributed by atoms with E-state index in [0.29, 0.717) is 53.4 Å². The lowest BCUT2D eigenvalue weighted by Gasteiger charge is -2.17. The molecule has 1 aromatic heterocycles. The van der Waals surface area contributed by atoms with E-state index in [2.05, 4.69) is 4.98 Å². The van der Waals surface area contributed by atoms with E-state index in [0.717, 1.165) is 11.1 Å². The largest absolute Gasteiger partial charge is 0.492 e. The molecule has 3 aromatic carbocycles. The fourth-order valence-corrected chi connectivity index (χ4v) is 4.72. The molecule has 0 bridgehead atoms. The summed E-state index contributed by atoms with van der Waals surface area (Å²) in [6, 6.07) is 15.6. The summed E-state index contributed by atoms with van der Waals surface area (Å²) in [5, 5.41) is 9.08. The molecule has 0 saturated heterocycles. The molecule has 0 radical (unpaired) electrons. The van der Waals surface area contributed by atoms with Crippen LogP contribution in [0.1, 0.15) is 41.6 Å². The smallest absolute Gasteiger partial charge is 0.400 e. The maximum atomic E-state index is 14.9. The van der Waals surface area contributed by atoms with Crippen molar-refractivity contribution < 1.29 is 32.9 Å². The molecule has 2 heterocycles. The van der Waals surface area contributed by atoms with Crippen LogP contribution in [0.4, 0.5) is 4.39 Å². The second-order valence-electron chi connectivity index (χ2n) is 8.44. The molecule has 2 aliphatic rings. The number of fused-ring (bicyclic) bond motifs is 3. The number of benzene rings is 3. The number of rotatable bonds is 6. The Hall–Kier alpha value is -4.07. The summed E-state index contributed by atoms with van der Waals surface area (Å²) < 4.78 is 38.2. The number of aliphatic carboxylic acids is 1. The molecule has 6 rings (SSSR count). The summed E-state index contributed by atoms with van der Waals surface area (Å²) in [7, 11) is 0.